The van der Waals surface area contributed by atoms with E-state index < -0.39 is 9.84 Å². The van der Waals surface area contributed by atoms with Gasteiger partial charge in [0.2, 0.25) is 5.91 Å². The molecular formula is C17H22N2O4S2. The molecule has 2 fully saturated rings. The number of benzene rings is 1. The molecule has 2 aliphatic heterocycles. The third-order valence-electron chi connectivity index (χ3n) is 4.21. The van der Waals surface area contributed by atoms with Crippen molar-refractivity contribution in [1.29, 1.82) is 0 Å². The van der Waals surface area contributed by atoms with Gasteiger partial charge in [0.15, 0.2) is 15.0 Å². The maximum absolute atomic E-state index is 12.2. The summed E-state index contributed by atoms with van der Waals surface area (Å²) in [5, 5.41) is 0.459. The van der Waals surface area contributed by atoms with Crippen molar-refractivity contribution in [3.63, 3.8) is 0 Å². The van der Waals surface area contributed by atoms with Crippen LogP contribution in [-0.4, -0.2) is 49.4 Å². The minimum Gasteiger partial charge on any atom is -0.495 e. The van der Waals surface area contributed by atoms with E-state index in [9.17, 15) is 13.2 Å². The van der Waals surface area contributed by atoms with Gasteiger partial charge in [-0.05, 0) is 18.1 Å². The lowest BCUT2D eigenvalue weighted by Crippen LogP contribution is -2.38. The minimum absolute atomic E-state index is 0.0695. The Kier molecular flexibility index (Phi) is 5.11. The SMILES string of the molecule is COc1ccccc1N1C(=NC(=O)CC(C)C)S[C@@H]2CS(=O)(=O)C[C@H]21. The van der Waals surface area contributed by atoms with Crippen LogP contribution in [0.2, 0.25) is 0 Å². The zero-order valence-corrected chi connectivity index (χ0v) is 16.1. The summed E-state index contributed by atoms with van der Waals surface area (Å²) in [7, 11) is -1.51. The third-order valence-corrected chi connectivity index (χ3v) is 7.42. The zero-order chi connectivity index (χ0) is 18.2. The van der Waals surface area contributed by atoms with E-state index in [0.29, 0.717) is 17.3 Å². The Bertz CT molecular complexity index is 805. The van der Waals surface area contributed by atoms with E-state index in [-0.39, 0.29) is 34.6 Å². The normalized spacial score (nSPS) is 26.2. The summed E-state index contributed by atoms with van der Waals surface area (Å²) in [6.45, 7) is 3.94. The van der Waals surface area contributed by atoms with E-state index in [1.807, 2.05) is 43.0 Å². The molecule has 0 bridgehead atoms. The second-order valence-electron chi connectivity index (χ2n) is 6.73. The Balaban J connectivity index is 2.01. The monoisotopic (exact) mass is 382 g/mol. The number of methoxy groups -OCH3 is 1. The van der Waals surface area contributed by atoms with Crippen LogP contribution in [0.3, 0.4) is 0 Å². The molecule has 6 nitrogen and oxygen atoms in total. The highest BCUT2D eigenvalue weighted by Crippen LogP contribution is 2.43. The van der Waals surface area contributed by atoms with Crippen LogP contribution < -0.4 is 9.64 Å². The number of hydrogen-bond donors (Lipinski definition) is 0. The van der Waals surface area contributed by atoms with Gasteiger partial charge in [-0.15, -0.1) is 0 Å². The van der Waals surface area contributed by atoms with Crippen LogP contribution in [0.25, 0.3) is 0 Å². The number of fused-ring (bicyclic) bond motifs is 1. The zero-order valence-electron chi connectivity index (χ0n) is 14.5. The van der Waals surface area contributed by atoms with Gasteiger partial charge >= 0.3 is 0 Å². The molecule has 0 saturated carbocycles. The highest BCUT2D eigenvalue weighted by molar-refractivity contribution is 8.16. The second-order valence-corrected chi connectivity index (χ2v) is 10.1. The number of carbonyl (C=O) groups is 1. The number of carbonyl (C=O) groups excluding carboxylic acids is 1. The Morgan fingerprint density at radius 3 is 2.76 bits per heavy atom. The Hall–Kier alpha value is -1.54. The quantitative estimate of drug-likeness (QED) is 0.796. The van der Waals surface area contributed by atoms with Crippen LogP contribution in [0.5, 0.6) is 5.75 Å². The van der Waals surface area contributed by atoms with Crippen molar-refractivity contribution in [3.05, 3.63) is 24.3 Å². The van der Waals surface area contributed by atoms with Gasteiger partial charge in [0, 0.05) is 11.7 Å². The molecule has 2 heterocycles. The van der Waals surface area contributed by atoms with Gasteiger partial charge in [0.05, 0.1) is 30.3 Å². The summed E-state index contributed by atoms with van der Waals surface area (Å²) in [5.74, 6) is 0.867. The van der Waals surface area contributed by atoms with E-state index in [0.717, 1.165) is 5.69 Å². The fourth-order valence-corrected chi connectivity index (χ4v) is 7.10. The average molecular weight is 383 g/mol. The highest BCUT2D eigenvalue weighted by atomic mass is 32.2. The van der Waals surface area contributed by atoms with Crippen molar-refractivity contribution >= 4 is 38.4 Å². The van der Waals surface area contributed by atoms with Crippen molar-refractivity contribution in [3.8, 4) is 5.75 Å². The predicted molar refractivity (Wildman–Crippen MR) is 101 cm³/mol. The molecule has 8 heteroatoms. The fraction of sp³-hybridized carbons (Fsp3) is 0.529. The summed E-state index contributed by atoms with van der Waals surface area (Å²) in [5.41, 5.74) is 0.748. The summed E-state index contributed by atoms with van der Waals surface area (Å²) in [6, 6.07) is 7.19. The van der Waals surface area contributed by atoms with E-state index in [1.54, 1.807) is 7.11 Å². The molecular weight excluding hydrogens is 360 g/mol. The molecule has 1 aromatic carbocycles. The molecule has 2 saturated heterocycles. The van der Waals surface area contributed by atoms with Gasteiger partial charge in [0.1, 0.15) is 5.75 Å². The van der Waals surface area contributed by atoms with E-state index in [2.05, 4.69) is 4.99 Å². The maximum Gasteiger partial charge on any atom is 0.248 e. The van der Waals surface area contributed by atoms with Crippen molar-refractivity contribution in [2.75, 3.05) is 23.5 Å². The number of ether oxygens (including phenoxy) is 1. The molecule has 1 aromatic rings. The van der Waals surface area contributed by atoms with Gasteiger partial charge in [-0.3, -0.25) is 4.79 Å². The van der Waals surface area contributed by atoms with Crippen LogP contribution in [0.15, 0.2) is 29.3 Å². The van der Waals surface area contributed by atoms with Crippen LogP contribution in [-0.2, 0) is 14.6 Å². The van der Waals surface area contributed by atoms with E-state index in [1.165, 1.54) is 11.8 Å². The summed E-state index contributed by atoms with van der Waals surface area (Å²) in [4.78, 5) is 18.4. The first-order valence-electron chi connectivity index (χ1n) is 8.21. The molecule has 3 rings (SSSR count). The third kappa shape index (κ3) is 3.84. The molecule has 0 aromatic heterocycles. The Morgan fingerprint density at radius 2 is 2.08 bits per heavy atom. The predicted octanol–water partition coefficient (Wildman–Crippen LogP) is 2.34. The number of hydrogen-bond acceptors (Lipinski definition) is 5. The molecule has 0 aliphatic carbocycles. The fourth-order valence-electron chi connectivity index (χ4n) is 3.18. The smallest absolute Gasteiger partial charge is 0.248 e. The molecule has 2 aliphatic rings. The van der Waals surface area contributed by atoms with Crippen LogP contribution in [0, 0.1) is 5.92 Å². The number of aliphatic imine (C=N–C) groups is 1. The van der Waals surface area contributed by atoms with E-state index in [4.69, 9.17) is 4.74 Å². The highest BCUT2D eigenvalue weighted by Gasteiger charge is 2.49. The van der Waals surface area contributed by atoms with Gasteiger partial charge < -0.3 is 9.64 Å². The molecule has 0 unspecified atom stereocenters. The topological polar surface area (TPSA) is 76.0 Å². The number of amides is 1. The maximum atomic E-state index is 12.2. The second kappa shape index (κ2) is 6.99. The lowest BCUT2D eigenvalue weighted by atomic mass is 10.1. The standard InChI is InChI=1S/C17H22N2O4S2/c1-11(2)8-16(20)18-17-19(12-6-4-5-7-14(12)23-3)13-9-25(21,22)10-15(13)24-17/h4-7,11,13,15H,8-10H2,1-3H3/t13-,15-/m1/s1. The largest absolute Gasteiger partial charge is 0.495 e. The first-order chi connectivity index (χ1) is 11.8. The van der Waals surface area contributed by atoms with Gasteiger partial charge in [0.25, 0.3) is 0 Å². The minimum atomic E-state index is -3.08. The van der Waals surface area contributed by atoms with Crippen molar-refractivity contribution in [1.82, 2.24) is 0 Å². The number of anilines is 1. The molecule has 0 radical (unpaired) electrons. The molecule has 0 N–H and O–H groups in total. The van der Waals surface area contributed by atoms with Crippen LogP contribution in [0.4, 0.5) is 5.69 Å². The number of sulfone groups is 1. The lowest BCUT2D eigenvalue weighted by molar-refractivity contribution is -0.118. The number of amidine groups is 1. The lowest BCUT2D eigenvalue weighted by Gasteiger charge is -2.26. The first-order valence-corrected chi connectivity index (χ1v) is 10.9. The molecule has 25 heavy (non-hydrogen) atoms. The summed E-state index contributed by atoms with van der Waals surface area (Å²) < 4.78 is 29.6. The number of para-hydroxylation sites is 2. The van der Waals surface area contributed by atoms with Crippen molar-refractivity contribution in [2.45, 2.75) is 31.6 Å². The summed E-state index contributed by atoms with van der Waals surface area (Å²) >= 11 is 1.38. The average Bonchev–Trinajstić information content (AvgIpc) is 2.97. The van der Waals surface area contributed by atoms with Gasteiger partial charge in [-0.1, -0.05) is 37.7 Å². The van der Waals surface area contributed by atoms with Crippen molar-refractivity contribution < 1.29 is 17.9 Å². The molecule has 2 atom stereocenters. The first kappa shape index (κ1) is 18.3. The summed E-state index contributed by atoms with van der Waals surface area (Å²) in [6.07, 6.45) is 0.372. The van der Waals surface area contributed by atoms with Crippen molar-refractivity contribution in [2.24, 2.45) is 10.9 Å². The number of rotatable bonds is 4. The van der Waals surface area contributed by atoms with E-state index >= 15 is 0 Å². The number of nitrogens with zero attached hydrogens (tertiary/aromatic N) is 2. The van der Waals surface area contributed by atoms with Gasteiger partial charge in [-0.2, -0.15) is 4.99 Å². The van der Waals surface area contributed by atoms with Gasteiger partial charge in [-0.25, -0.2) is 8.42 Å². The Morgan fingerprint density at radius 1 is 1.36 bits per heavy atom. The molecule has 0 spiro atoms. The molecule has 1 amide bonds. The number of thioether (sulfide) groups is 1. The van der Waals surface area contributed by atoms with Crippen LogP contribution >= 0.6 is 11.8 Å². The van der Waals surface area contributed by atoms with Crippen LogP contribution in [0.1, 0.15) is 20.3 Å². The Labute approximate surface area is 152 Å². The molecule has 136 valence electrons.